The van der Waals surface area contributed by atoms with Crippen molar-refractivity contribution in [3.63, 3.8) is 0 Å². The Morgan fingerprint density at radius 1 is 1.37 bits per heavy atom. The molecule has 3 heterocycles. The SMILES string of the molecule is CN1CCCCC1Cc1ncc2n1CC(CO)CC2. The summed E-state index contributed by atoms with van der Waals surface area (Å²) in [5.41, 5.74) is 1.36. The number of hydrogen-bond acceptors (Lipinski definition) is 3. The van der Waals surface area contributed by atoms with Crippen molar-refractivity contribution in [1.82, 2.24) is 14.5 Å². The van der Waals surface area contributed by atoms with E-state index in [1.807, 2.05) is 6.20 Å². The van der Waals surface area contributed by atoms with Crippen molar-refractivity contribution in [2.75, 3.05) is 20.2 Å². The van der Waals surface area contributed by atoms with Crippen LogP contribution in [-0.2, 0) is 19.4 Å². The maximum absolute atomic E-state index is 9.37. The molecule has 4 heteroatoms. The standard InChI is InChI=1S/C15H25N3O/c1-17-7-3-2-4-13(17)8-15-16-9-14-6-5-12(11-19)10-18(14)15/h9,12-13,19H,2-8,10-11H2,1H3. The second-order valence-corrected chi connectivity index (χ2v) is 6.20. The molecule has 0 spiro atoms. The van der Waals surface area contributed by atoms with Crippen molar-refractivity contribution >= 4 is 0 Å². The van der Waals surface area contributed by atoms with Gasteiger partial charge in [0, 0.05) is 43.4 Å². The van der Waals surface area contributed by atoms with Crippen LogP contribution in [0.4, 0.5) is 0 Å². The van der Waals surface area contributed by atoms with Crippen LogP contribution in [0.3, 0.4) is 0 Å². The monoisotopic (exact) mass is 263 g/mol. The predicted molar refractivity (Wildman–Crippen MR) is 75.1 cm³/mol. The number of aryl methyl sites for hydroxylation is 1. The summed E-state index contributed by atoms with van der Waals surface area (Å²) in [5.74, 6) is 1.65. The lowest BCUT2D eigenvalue weighted by molar-refractivity contribution is 0.174. The molecule has 0 radical (unpaired) electrons. The largest absolute Gasteiger partial charge is 0.396 e. The van der Waals surface area contributed by atoms with E-state index < -0.39 is 0 Å². The van der Waals surface area contributed by atoms with Crippen LogP contribution in [0.2, 0.25) is 0 Å². The normalized spacial score (nSPS) is 28.3. The number of likely N-dealkylation sites (tertiary alicyclic amines) is 1. The predicted octanol–water partition coefficient (Wildman–Crippen LogP) is 1.46. The minimum Gasteiger partial charge on any atom is -0.396 e. The van der Waals surface area contributed by atoms with E-state index in [0.29, 0.717) is 18.6 Å². The Hall–Kier alpha value is -0.870. The molecule has 0 bridgehead atoms. The number of nitrogens with zero attached hydrogens (tertiary/aromatic N) is 3. The van der Waals surface area contributed by atoms with Crippen LogP contribution in [0, 0.1) is 5.92 Å². The lowest BCUT2D eigenvalue weighted by Crippen LogP contribution is -2.38. The van der Waals surface area contributed by atoms with Gasteiger partial charge in [-0.25, -0.2) is 4.98 Å². The van der Waals surface area contributed by atoms with Crippen LogP contribution in [0.15, 0.2) is 6.20 Å². The molecule has 3 rings (SSSR count). The average molecular weight is 263 g/mol. The lowest BCUT2D eigenvalue weighted by Gasteiger charge is -2.33. The van der Waals surface area contributed by atoms with Crippen LogP contribution in [0.1, 0.15) is 37.2 Å². The van der Waals surface area contributed by atoms with Gasteiger partial charge >= 0.3 is 0 Å². The number of hydrogen-bond donors (Lipinski definition) is 1. The lowest BCUT2D eigenvalue weighted by atomic mass is 9.97. The molecule has 2 unspecified atom stereocenters. The highest BCUT2D eigenvalue weighted by molar-refractivity contribution is 5.10. The summed E-state index contributed by atoms with van der Waals surface area (Å²) < 4.78 is 2.37. The van der Waals surface area contributed by atoms with Crippen molar-refractivity contribution in [2.24, 2.45) is 5.92 Å². The molecule has 19 heavy (non-hydrogen) atoms. The van der Waals surface area contributed by atoms with E-state index in [4.69, 9.17) is 0 Å². The molecule has 1 aromatic heterocycles. The van der Waals surface area contributed by atoms with Crippen LogP contribution in [0.5, 0.6) is 0 Å². The summed E-state index contributed by atoms with van der Waals surface area (Å²) in [6.07, 6.45) is 9.26. The fourth-order valence-electron chi connectivity index (χ4n) is 3.50. The second kappa shape index (κ2) is 5.63. The Labute approximate surface area is 115 Å². The third kappa shape index (κ3) is 2.70. The number of imidazole rings is 1. The molecule has 1 aromatic rings. The summed E-state index contributed by atoms with van der Waals surface area (Å²) >= 11 is 0. The zero-order valence-corrected chi connectivity index (χ0v) is 11.9. The van der Waals surface area contributed by atoms with E-state index in [2.05, 4.69) is 21.5 Å². The number of rotatable bonds is 3. The van der Waals surface area contributed by atoms with Gasteiger partial charge in [0.2, 0.25) is 0 Å². The molecule has 0 aliphatic carbocycles. The van der Waals surface area contributed by atoms with Crippen LogP contribution >= 0.6 is 0 Å². The molecule has 2 aliphatic heterocycles. The fourth-order valence-corrected chi connectivity index (χ4v) is 3.50. The van der Waals surface area contributed by atoms with Gasteiger partial charge in [0.1, 0.15) is 5.82 Å². The van der Waals surface area contributed by atoms with Gasteiger partial charge in [0.25, 0.3) is 0 Å². The van der Waals surface area contributed by atoms with E-state index in [9.17, 15) is 5.11 Å². The molecule has 2 aliphatic rings. The number of aromatic nitrogens is 2. The van der Waals surface area contributed by atoms with Crippen molar-refractivity contribution in [1.29, 1.82) is 0 Å². The van der Waals surface area contributed by atoms with Gasteiger partial charge in [-0.15, -0.1) is 0 Å². The molecule has 0 amide bonds. The number of piperidine rings is 1. The van der Waals surface area contributed by atoms with E-state index in [-0.39, 0.29) is 0 Å². The highest BCUT2D eigenvalue weighted by Crippen LogP contribution is 2.24. The summed E-state index contributed by atoms with van der Waals surface area (Å²) in [6, 6.07) is 0.648. The first-order valence-electron chi connectivity index (χ1n) is 7.62. The topological polar surface area (TPSA) is 41.3 Å². The minimum absolute atomic E-state index is 0.306. The van der Waals surface area contributed by atoms with Crippen molar-refractivity contribution in [3.05, 3.63) is 17.7 Å². The molecule has 1 fully saturated rings. The first-order valence-corrected chi connectivity index (χ1v) is 7.62. The fraction of sp³-hybridized carbons (Fsp3) is 0.800. The molecule has 2 atom stereocenters. The molecular formula is C15H25N3O. The molecule has 1 saturated heterocycles. The molecule has 0 saturated carbocycles. The maximum Gasteiger partial charge on any atom is 0.110 e. The Morgan fingerprint density at radius 3 is 3.05 bits per heavy atom. The number of likely N-dealkylation sites (N-methyl/N-ethyl adjacent to an activating group) is 1. The summed E-state index contributed by atoms with van der Waals surface area (Å²) in [7, 11) is 2.24. The molecule has 4 nitrogen and oxygen atoms in total. The Morgan fingerprint density at radius 2 is 2.26 bits per heavy atom. The Balaban J connectivity index is 1.73. The first kappa shape index (κ1) is 13.1. The van der Waals surface area contributed by atoms with Crippen LogP contribution in [0.25, 0.3) is 0 Å². The van der Waals surface area contributed by atoms with Crippen molar-refractivity contribution in [3.8, 4) is 0 Å². The number of aliphatic hydroxyl groups excluding tert-OH is 1. The van der Waals surface area contributed by atoms with Gasteiger partial charge in [-0.05, 0) is 39.3 Å². The molecule has 1 N–H and O–H groups in total. The van der Waals surface area contributed by atoms with E-state index in [1.54, 1.807) is 0 Å². The van der Waals surface area contributed by atoms with Crippen LogP contribution in [-0.4, -0.2) is 45.8 Å². The van der Waals surface area contributed by atoms with Crippen molar-refractivity contribution in [2.45, 2.75) is 51.1 Å². The third-order valence-electron chi connectivity index (χ3n) is 4.87. The first-order chi connectivity index (χ1) is 9.28. The third-order valence-corrected chi connectivity index (χ3v) is 4.87. The van der Waals surface area contributed by atoms with Gasteiger partial charge in [0.15, 0.2) is 0 Å². The zero-order valence-electron chi connectivity index (χ0n) is 11.9. The minimum atomic E-state index is 0.306. The smallest absolute Gasteiger partial charge is 0.110 e. The van der Waals surface area contributed by atoms with Gasteiger partial charge in [-0.2, -0.15) is 0 Å². The second-order valence-electron chi connectivity index (χ2n) is 6.20. The zero-order chi connectivity index (χ0) is 13.2. The molecule has 0 aromatic carbocycles. The maximum atomic E-state index is 9.37. The van der Waals surface area contributed by atoms with Gasteiger partial charge in [0.05, 0.1) is 0 Å². The Bertz CT molecular complexity index is 429. The average Bonchev–Trinajstić information content (AvgIpc) is 2.84. The van der Waals surface area contributed by atoms with Gasteiger partial charge in [-0.1, -0.05) is 6.42 Å². The van der Waals surface area contributed by atoms with Gasteiger partial charge in [-0.3, -0.25) is 0 Å². The van der Waals surface area contributed by atoms with E-state index >= 15 is 0 Å². The highest BCUT2D eigenvalue weighted by atomic mass is 16.3. The van der Waals surface area contributed by atoms with Crippen LogP contribution < -0.4 is 0 Å². The summed E-state index contributed by atoms with van der Waals surface area (Å²) in [4.78, 5) is 7.13. The molecule has 106 valence electrons. The summed E-state index contributed by atoms with van der Waals surface area (Å²) in [5, 5.41) is 9.37. The van der Waals surface area contributed by atoms with E-state index in [1.165, 1.54) is 37.3 Å². The molecular weight excluding hydrogens is 238 g/mol. The van der Waals surface area contributed by atoms with E-state index in [0.717, 1.165) is 25.8 Å². The van der Waals surface area contributed by atoms with Gasteiger partial charge < -0.3 is 14.6 Å². The summed E-state index contributed by atoms with van der Waals surface area (Å²) in [6.45, 7) is 2.48. The Kier molecular flexibility index (Phi) is 3.89. The number of aliphatic hydroxyl groups is 1. The van der Waals surface area contributed by atoms with Crippen molar-refractivity contribution < 1.29 is 5.11 Å². The number of fused-ring (bicyclic) bond motifs is 1. The quantitative estimate of drug-likeness (QED) is 0.898. The highest BCUT2D eigenvalue weighted by Gasteiger charge is 2.25.